The van der Waals surface area contributed by atoms with E-state index in [2.05, 4.69) is 103 Å². The van der Waals surface area contributed by atoms with Crippen molar-refractivity contribution in [2.45, 2.75) is 0 Å². The number of nitrogens with zero attached hydrogens (tertiary/aromatic N) is 3. The Bertz CT molecular complexity index is 3170. The van der Waals surface area contributed by atoms with Crippen molar-refractivity contribution in [3.05, 3.63) is 188 Å². The van der Waals surface area contributed by atoms with Gasteiger partial charge in [0.05, 0.1) is 0 Å². The maximum atomic E-state index is 7.12. The lowest BCUT2D eigenvalue weighted by molar-refractivity contribution is 0.668. The van der Waals surface area contributed by atoms with E-state index in [-0.39, 0.29) is 0 Å². The van der Waals surface area contributed by atoms with Gasteiger partial charge in [0.2, 0.25) is 0 Å². The molecule has 262 valence electrons. The summed E-state index contributed by atoms with van der Waals surface area (Å²) in [6.45, 7) is 0. The Morgan fingerprint density at radius 2 is 0.804 bits per heavy atom. The largest absolute Gasteiger partial charge is 0.456 e. The molecule has 11 aromatic rings. The second-order valence-corrected chi connectivity index (χ2v) is 13.9. The molecule has 0 N–H and O–H groups in total. The Labute approximate surface area is 322 Å². The summed E-state index contributed by atoms with van der Waals surface area (Å²) < 4.78 is 13.3. The van der Waals surface area contributed by atoms with Gasteiger partial charge in [-0.1, -0.05) is 158 Å². The fraction of sp³-hybridized carbons (Fsp3) is 0. The van der Waals surface area contributed by atoms with Crippen molar-refractivity contribution < 1.29 is 8.83 Å². The van der Waals surface area contributed by atoms with Crippen LogP contribution in [0, 0.1) is 0 Å². The zero-order valence-corrected chi connectivity index (χ0v) is 30.1. The molecule has 0 aliphatic rings. The van der Waals surface area contributed by atoms with E-state index in [0.717, 1.165) is 88.4 Å². The number of aromatic nitrogens is 3. The Morgan fingerprint density at radius 3 is 1.52 bits per heavy atom. The molecule has 0 saturated carbocycles. The Kier molecular flexibility index (Phi) is 7.42. The van der Waals surface area contributed by atoms with Gasteiger partial charge in [-0.05, 0) is 52.6 Å². The van der Waals surface area contributed by atoms with Crippen LogP contribution in [-0.2, 0) is 0 Å². The van der Waals surface area contributed by atoms with Gasteiger partial charge in [-0.15, -0.1) is 0 Å². The van der Waals surface area contributed by atoms with Crippen LogP contribution in [0.25, 0.3) is 111 Å². The van der Waals surface area contributed by atoms with E-state index >= 15 is 0 Å². The first kappa shape index (κ1) is 31.9. The minimum absolute atomic E-state index is 0.577. The van der Waals surface area contributed by atoms with E-state index in [1.165, 1.54) is 5.56 Å². The second kappa shape index (κ2) is 13.0. The predicted octanol–water partition coefficient (Wildman–Crippen LogP) is 13.7. The molecule has 0 aliphatic heterocycles. The molecular formula is C51H31N3O2. The number of hydrogen-bond acceptors (Lipinski definition) is 5. The summed E-state index contributed by atoms with van der Waals surface area (Å²) in [5.41, 5.74) is 12.4. The molecule has 5 heteroatoms. The van der Waals surface area contributed by atoms with Crippen molar-refractivity contribution in [3.63, 3.8) is 0 Å². The van der Waals surface area contributed by atoms with Crippen molar-refractivity contribution in [1.82, 2.24) is 15.0 Å². The van der Waals surface area contributed by atoms with Crippen molar-refractivity contribution in [1.29, 1.82) is 0 Å². The van der Waals surface area contributed by atoms with Crippen LogP contribution < -0.4 is 0 Å². The molecule has 0 unspecified atom stereocenters. The summed E-state index contributed by atoms with van der Waals surface area (Å²) in [5.74, 6) is 1.79. The number of hydrogen-bond donors (Lipinski definition) is 0. The average Bonchev–Trinajstić information content (AvgIpc) is 3.86. The van der Waals surface area contributed by atoms with Crippen LogP contribution in [-0.4, -0.2) is 15.0 Å². The highest BCUT2D eigenvalue weighted by atomic mass is 16.3. The Balaban J connectivity index is 1.17. The van der Waals surface area contributed by atoms with E-state index in [1.807, 2.05) is 84.9 Å². The molecule has 0 radical (unpaired) electrons. The topological polar surface area (TPSA) is 65.0 Å². The highest BCUT2D eigenvalue weighted by Crippen LogP contribution is 2.45. The molecule has 0 bridgehead atoms. The molecule has 0 spiro atoms. The van der Waals surface area contributed by atoms with Gasteiger partial charge in [-0.2, -0.15) is 0 Å². The molecule has 0 aliphatic carbocycles. The monoisotopic (exact) mass is 717 g/mol. The third-order valence-electron chi connectivity index (χ3n) is 10.6. The number of para-hydroxylation sites is 2. The van der Waals surface area contributed by atoms with Crippen LogP contribution in [0.5, 0.6) is 0 Å². The third-order valence-corrected chi connectivity index (χ3v) is 10.6. The van der Waals surface area contributed by atoms with Crippen molar-refractivity contribution in [3.8, 4) is 67.5 Å². The second-order valence-electron chi connectivity index (χ2n) is 13.9. The molecule has 3 aromatic heterocycles. The zero-order chi connectivity index (χ0) is 37.0. The summed E-state index contributed by atoms with van der Waals surface area (Å²) >= 11 is 0. The van der Waals surface area contributed by atoms with Crippen LogP contribution in [0.3, 0.4) is 0 Å². The maximum absolute atomic E-state index is 7.12. The van der Waals surface area contributed by atoms with E-state index < -0.39 is 0 Å². The molecule has 3 heterocycles. The van der Waals surface area contributed by atoms with Crippen LogP contribution in [0.15, 0.2) is 197 Å². The first-order chi connectivity index (χ1) is 27.7. The smallest absolute Gasteiger partial charge is 0.164 e. The van der Waals surface area contributed by atoms with Gasteiger partial charge < -0.3 is 8.83 Å². The van der Waals surface area contributed by atoms with Crippen LogP contribution in [0.4, 0.5) is 0 Å². The average molecular weight is 718 g/mol. The van der Waals surface area contributed by atoms with E-state index in [1.54, 1.807) is 0 Å². The molecule has 0 fully saturated rings. The molecule has 8 aromatic carbocycles. The number of fused-ring (bicyclic) bond motifs is 6. The molecule has 0 saturated heterocycles. The van der Waals surface area contributed by atoms with Gasteiger partial charge in [0, 0.05) is 49.4 Å². The lowest BCUT2D eigenvalue weighted by Gasteiger charge is -2.11. The summed E-state index contributed by atoms with van der Waals surface area (Å²) in [7, 11) is 0. The van der Waals surface area contributed by atoms with Crippen LogP contribution >= 0.6 is 0 Å². The first-order valence-electron chi connectivity index (χ1n) is 18.7. The SMILES string of the molecule is c1ccc(-c2ccc(-c3ccc(-c4nc(-c5ccccc5)nc(-c5ccccc5)n4)c4c3oc3c(-c5ccc6oc7ccccc7c6c5)cccc34)cc2)cc1. The highest BCUT2D eigenvalue weighted by Gasteiger charge is 2.23. The lowest BCUT2D eigenvalue weighted by atomic mass is 9.95. The highest BCUT2D eigenvalue weighted by molar-refractivity contribution is 6.18. The summed E-state index contributed by atoms with van der Waals surface area (Å²) in [5, 5.41) is 4.09. The third kappa shape index (κ3) is 5.37. The van der Waals surface area contributed by atoms with Crippen molar-refractivity contribution in [2.24, 2.45) is 0 Å². The maximum Gasteiger partial charge on any atom is 0.164 e. The molecular weight excluding hydrogens is 687 g/mol. The van der Waals surface area contributed by atoms with E-state index in [9.17, 15) is 0 Å². The van der Waals surface area contributed by atoms with Gasteiger partial charge in [0.1, 0.15) is 22.3 Å². The fourth-order valence-corrected chi connectivity index (χ4v) is 7.84. The molecule has 11 rings (SSSR count). The number of furan rings is 2. The summed E-state index contributed by atoms with van der Waals surface area (Å²) in [6.07, 6.45) is 0. The zero-order valence-electron chi connectivity index (χ0n) is 30.1. The fourth-order valence-electron chi connectivity index (χ4n) is 7.84. The van der Waals surface area contributed by atoms with Crippen LogP contribution in [0.2, 0.25) is 0 Å². The summed E-state index contributed by atoms with van der Waals surface area (Å²) in [6, 6.07) is 64.5. The quantitative estimate of drug-likeness (QED) is 0.171. The van der Waals surface area contributed by atoms with Crippen molar-refractivity contribution in [2.75, 3.05) is 0 Å². The van der Waals surface area contributed by atoms with Crippen LogP contribution in [0.1, 0.15) is 0 Å². The Hall–Kier alpha value is -7.63. The minimum Gasteiger partial charge on any atom is -0.456 e. The predicted molar refractivity (Wildman–Crippen MR) is 227 cm³/mol. The molecule has 56 heavy (non-hydrogen) atoms. The van der Waals surface area contributed by atoms with Gasteiger partial charge in [0.15, 0.2) is 17.5 Å². The standard InChI is InChI=1S/C51H31N3O2/c1-4-13-32(14-5-1)33-23-25-34(26-24-33)39-28-29-42(51-53-49(35-15-6-2-7-16-35)52-50(54-51)36-17-8-3-9-18-36)46-41-21-12-20-38(47(41)56-48(39)46)37-27-30-45-43(31-37)40-19-10-11-22-44(40)55-45/h1-31H. The number of benzene rings is 8. The van der Waals surface area contributed by atoms with Gasteiger partial charge >= 0.3 is 0 Å². The van der Waals surface area contributed by atoms with E-state index in [0.29, 0.717) is 17.5 Å². The molecule has 0 atom stereocenters. The van der Waals surface area contributed by atoms with E-state index in [4.69, 9.17) is 23.8 Å². The van der Waals surface area contributed by atoms with Gasteiger partial charge in [-0.25, -0.2) is 15.0 Å². The lowest BCUT2D eigenvalue weighted by Crippen LogP contribution is -2.00. The normalized spacial score (nSPS) is 11.6. The Morgan fingerprint density at radius 1 is 0.286 bits per heavy atom. The first-order valence-corrected chi connectivity index (χ1v) is 18.7. The number of rotatable bonds is 6. The van der Waals surface area contributed by atoms with Gasteiger partial charge in [-0.3, -0.25) is 0 Å². The van der Waals surface area contributed by atoms with Gasteiger partial charge in [0.25, 0.3) is 0 Å². The minimum atomic E-state index is 0.577. The van der Waals surface area contributed by atoms with Crippen molar-refractivity contribution >= 4 is 43.9 Å². The summed E-state index contributed by atoms with van der Waals surface area (Å²) in [4.78, 5) is 15.3. The molecule has 5 nitrogen and oxygen atoms in total. The molecule has 0 amide bonds.